The van der Waals surface area contributed by atoms with Gasteiger partial charge in [0.25, 0.3) is 0 Å². The van der Waals surface area contributed by atoms with Gasteiger partial charge in [-0.25, -0.2) is 0 Å². The van der Waals surface area contributed by atoms with E-state index in [-0.39, 0.29) is 17.4 Å². The third-order valence-electron chi connectivity index (χ3n) is 1.85. The molecule has 0 saturated heterocycles. The van der Waals surface area contributed by atoms with E-state index in [0.717, 1.165) is 5.56 Å². The molecule has 0 saturated carbocycles. The van der Waals surface area contributed by atoms with Crippen LogP contribution in [0.15, 0.2) is 30.3 Å². The maximum atomic E-state index is 11.1. The molecule has 1 rings (SSSR count). The molecule has 3 heteroatoms. The number of benzene rings is 1. The minimum absolute atomic E-state index is 0. The molecule has 0 bridgehead atoms. The summed E-state index contributed by atoms with van der Waals surface area (Å²) in [4.78, 5) is 11.1. The molecule has 0 spiro atoms. The van der Waals surface area contributed by atoms with Gasteiger partial charge in [0.05, 0.1) is 13.0 Å². The number of esters is 1. The quantitative estimate of drug-likeness (QED) is 0.644. The fraction of sp³-hybridized carbons (Fsp3) is 0.300. The molecule has 0 aromatic heterocycles. The monoisotopic (exact) mass is 182 g/mol. The van der Waals surface area contributed by atoms with Gasteiger partial charge in [-0.3, -0.25) is 4.79 Å². The van der Waals surface area contributed by atoms with Crippen LogP contribution >= 0.6 is 0 Å². The number of hydrogen-bond acceptors (Lipinski definition) is 2. The van der Waals surface area contributed by atoms with Crippen LogP contribution in [0.25, 0.3) is 0 Å². The van der Waals surface area contributed by atoms with Crippen LogP contribution in [0.3, 0.4) is 0 Å². The SMILES string of the molecule is COC(=O)C(C)c1ccccc1.O. The zero-order valence-corrected chi connectivity index (χ0v) is 7.78. The topological polar surface area (TPSA) is 57.8 Å². The normalized spacial score (nSPS) is 11.2. The molecule has 0 aliphatic carbocycles. The summed E-state index contributed by atoms with van der Waals surface area (Å²) in [5.41, 5.74) is 0.990. The third-order valence-corrected chi connectivity index (χ3v) is 1.85. The fourth-order valence-electron chi connectivity index (χ4n) is 1.05. The van der Waals surface area contributed by atoms with Crippen LogP contribution < -0.4 is 0 Å². The minimum atomic E-state index is -0.193. The van der Waals surface area contributed by atoms with Gasteiger partial charge in [-0.15, -0.1) is 0 Å². The molecule has 0 radical (unpaired) electrons. The van der Waals surface area contributed by atoms with Crippen molar-refractivity contribution in [2.75, 3.05) is 7.11 Å². The summed E-state index contributed by atoms with van der Waals surface area (Å²) in [6.07, 6.45) is 0. The molecule has 13 heavy (non-hydrogen) atoms. The number of rotatable bonds is 2. The second-order valence-electron chi connectivity index (χ2n) is 2.66. The molecule has 1 aromatic carbocycles. The summed E-state index contributed by atoms with van der Waals surface area (Å²) in [6, 6.07) is 9.58. The van der Waals surface area contributed by atoms with Gasteiger partial charge >= 0.3 is 5.97 Å². The average Bonchev–Trinajstić information content (AvgIpc) is 2.17. The summed E-state index contributed by atoms with van der Waals surface area (Å²) in [5.74, 6) is -0.364. The van der Waals surface area contributed by atoms with E-state index in [2.05, 4.69) is 4.74 Å². The van der Waals surface area contributed by atoms with E-state index in [1.54, 1.807) is 0 Å². The number of hydrogen-bond donors (Lipinski definition) is 0. The molecule has 0 fully saturated rings. The van der Waals surface area contributed by atoms with E-state index < -0.39 is 0 Å². The number of methoxy groups -OCH3 is 1. The summed E-state index contributed by atoms with van der Waals surface area (Å²) in [6.45, 7) is 1.83. The third kappa shape index (κ3) is 2.87. The van der Waals surface area contributed by atoms with Crippen molar-refractivity contribution < 1.29 is 15.0 Å². The van der Waals surface area contributed by atoms with Crippen LogP contribution in [0.1, 0.15) is 18.4 Å². The Balaban J connectivity index is 0.00000144. The zero-order valence-electron chi connectivity index (χ0n) is 7.78. The predicted molar refractivity (Wildman–Crippen MR) is 50.5 cm³/mol. The molecular weight excluding hydrogens is 168 g/mol. The van der Waals surface area contributed by atoms with E-state index in [4.69, 9.17) is 0 Å². The van der Waals surface area contributed by atoms with Crippen LogP contribution in [-0.2, 0) is 9.53 Å². The standard InChI is InChI=1S/C10H12O2.H2O/c1-8(10(11)12-2)9-6-4-3-5-7-9;/h3-8H,1-2H3;1H2. The molecule has 3 nitrogen and oxygen atoms in total. The highest BCUT2D eigenvalue weighted by molar-refractivity contribution is 5.77. The number of carbonyl (C=O) groups is 1. The lowest BCUT2D eigenvalue weighted by atomic mass is 10.0. The Labute approximate surface area is 77.6 Å². The smallest absolute Gasteiger partial charge is 0.312 e. The van der Waals surface area contributed by atoms with Crippen LogP contribution in [0, 0.1) is 0 Å². The maximum absolute atomic E-state index is 11.1. The van der Waals surface area contributed by atoms with Gasteiger partial charge in [0, 0.05) is 0 Å². The molecule has 2 N–H and O–H groups in total. The minimum Gasteiger partial charge on any atom is -0.469 e. The summed E-state index contributed by atoms with van der Waals surface area (Å²) >= 11 is 0. The molecule has 0 amide bonds. The first-order valence-electron chi connectivity index (χ1n) is 3.88. The van der Waals surface area contributed by atoms with Crippen molar-refractivity contribution in [3.8, 4) is 0 Å². The number of carbonyl (C=O) groups excluding carboxylic acids is 1. The van der Waals surface area contributed by atoms with Gasteiger partial charge in [0.1, 0.15) is 0 Å². The Kier molecular flexibility index (Phi) is 4.77. The Morgan fingerprint density at radius 3 is 2.31 bits per heavy atom. The van der Waals surface area contributed by atoms with E-state index in [1.165, 1.54) is 7.11 Å². The summed E-state index contributed by atoms with van der Waals surface area (Å²) < 4.78 is 4.63. The van der Waals surface area contributed by atoms with Crippen molar-refractivity contribution >= 4 is 5.97 Å². The second-order valence-corrected chi connectivity index (χ2v) is 2.66. The predicted octanol–water partition coefficient (Wildman–Crippen LogP) is 1.14. The van der Waals surface area contributed by atoms with Gasteiger partial charge in [0.15, 0.2) is 0 Å². The highest BCUT2D eigenvalue weighted by Gasteiger charge is 2.14. The Morgan fingerprint density at radius 2 is 1.85 bits per heavy atom. The molecule has 72 valence electrons. The Morgan fingerprint density at radius 1 is 1.31 bits per heavy atom. The highest BCUT2D eigenvalue weighted by Crippen LogP contribution is 2.15. The molecule has 0 heterocycles. The first-order valence-corrected chi connectivity index (χ1v) is 3.88. The van der Waals surface area contributed by atoms with Crippen molar-refractivity contribution in [1.82, 2.24) is 0 Å². The van der Waals surface area contributed by atoms with Crippen LogP contribution in [-0.4, -0.2) is 18.6 Å². The van der Waals surface area contributed by atoms with Crippen molar-refractivity contribution in [3.05, 3.63) is 35.9 Å². The van der Waals surface area contributed by atoms with E-state index in [0.29, 0.717) is 0 Å². The molecule has 1 atom stereocenters. The molecular formula is C10H14O3. The lowest BCUT2D eigenvalue weighted by molar-refractivity contribution is -0.141. The Bertz CT molecular complexity index is 256. The largest absolute Gasteiger partial charge is 0.469 e. The average molecular weight is 182 g/mol. The van der Waals surface area contributed by atoms with Crippen molar-refractivity contribution in [3.63, 3.8) is 0 Å². The van der Waals surface area contributed by atoms with Gasteiger partial charge in [-0.05, 0) is 12.5 Å². The van der Waals surface area contributed by atoms with Crippen molar-refractivity contribution in [2.24, 2.45) is 0 Å². The first kappa shape index (κ1) is 11.6. The van der Waals surface area contributed by atoms with Crippen molar-refractivity contribution in [1.29, 1.82) is 0 Å². The van der Waals surface area contributed by atoms with E-state index >= 15 is 0 Å². The Hall–Kier alpha value is -1.35. The second kappa shape index (κ2) is 5.32. The van der Waals surface area contributed by atoms with Crippen molar-refractivity contribution in [2.45, 2.75) is 12.8 Å². The van der Waals surface area contributed by atoms with Crippen LogP contribution in [0.5, 0.6) is 0 Å². The number of ether oxygens (including phenoxy) is 1. The van der Waals surface area contributed by atoms with Gasteiger partial charge in [-0.2, -0.15) is 0 Å². The van der Waals surface area contributed by atoms with Gasteiger partial charge in [-0.1, -0.05) is 30.3 Å². The van der Waals surface area contributed by atoms with E-state index in [1.807, 2.05) is 37.3 Å². The lowest BCUT2D eigenvalue weighted by Crippen LogP contribution is -2.10. The van der Waals surface area contributed by atoms with Gasteiger partial charge in [0.2, 0.25) is 0 Å². The first-order chi connectivity index (χ1) is 5.75. The molecule has 0 aliphatic rings. The molecule has 1 unspecified atom stereocenters. The molecule has 1 aromatic rings. The zero-order chi connectivity index (χ0) is 8.97. The highest BCUT2D eigenvalue weighted by atomic mass is 16.5. The van der Waals surface area contributed by atoms with Crippen LogP contribution in [0.2, 0.25) is 0 Å². The summed E-state index contributed by atoms with van der Waals surface area (Å²) in [5, 5.41) is 0. The fourth-order valence-corrected chi connectivity index (χ4v) is 1.05. The molecule has 0 aliphatic heterocycles. The van der Waals surface area contributed by atoms with E-state index in [9.17, 15) is 4.79 Å². The lowest BCUT2D eigenvalue weighted by Gasteiger charge is -2.08. The maximum Gasteiger partial charge on any atom is 0.312 e. The van der Waals surface area contributed by atoms with Gasteiger partial charge < -0.3 is 10.2 Å². The van der Waals surface area contributed by atoms with Crippen LogP contribution in [0.4, 0.5) is 0 Å². The summed E-state index contributed by atoms with van der Waals surface area (Å²) in [7, 11) is 1.40.